The summed E-state index contributed by atoms with van der Waals surface area (Å²) in [4.78, 5) is 40.7. The Hall–Kier alpha value is -3.17. The molecule has 33 heavy (non-hydrogen) atoms. The van der Waals surface area contributed by atoms with E-state index in [1.807, 2.05) is 39.8 Å². The van der Waals surface area contributed by atoms with Gasteiger partial charge in [0.25, 0.3) is 5.56 Å². The Kier molecular flexibility index (Phi) is 6.27. The number of rotatable bonds is 5. The second-order valence-corrected chi connectivity index (χ2v) is 11.0. The van der Waals surface area contributed by atoms with Gasteiger partial charge in [0.05, 0.1) is 4.53 Å². The molecule has 0 saturated heterocycles. The van der Waals surface area contributed by atoms with Gasteiger partial charge in [0, 0.05) is 33.0 Å². The molecule has 0 bridgehead atoms. The van der Waals surface area contributed by atoms with Gasteiger partial charge in [-0.15, -0.1) is 22.7 Å². The number of thiazole rings is 1. The van der Waals surface area contributed by atoms with Gasteiger partial charge >= 0.3 is 0 Å². The van der Waals surface area contributed by atoms with E-state index in [1.54, 1.807) is 35.6 Å². The first-order chi connectivity index (χ1) is 15.6. The third kappa shape index (κ3) is 5.26. The van der Waals surface area contributed by atoms with Gasteiger partial charge in [-0.1, -0.05) is 20.8 Å². The van der Waals surface area contributed by atoms with Crippen LogP contribution in [-0.4, -0.2) is 23.1 Å². The number of benzene rings is 1. The van der Waals surface area contributed by atoms with E-state index in [-0.39, 0.29) is 30.6 Å². The number of ketones is 1. The fraction of sp³-hybridized carbons (Fsp3) is 0.292. The summed E-state index contributed by atoms with van der Waals surface area (Å²) in [5.41, 5.74) is -0.376. The maximum absolute atomic E-state index is 13.2. The minimum Gasteiger partial charge on any atom is -0.454 e. The molecule has 1 N–H and O–H groups in total. The van der Waals surface area contributed by atoms with Crippen LogP contribution in [0.15, 0.2) is 35.1 Å². The van der Waals surface area contributed by atoms with E-state index in [0.29, 0.717) is 26.4 Å². The number of thiophene rings is 1. The fourth-order valence-corrected chi connectivity index (χ4v) is 5.03. The lowest BCUT2D eigenvalue weighted by Gasteiger charge is -2.13. The summed E-state index contributed by atoms with van der Waals surface area (Å²) < 4.78 is 12.9. The van der Waals surface area contributed by atoms with Gasteiger partial charge in [0.15, 0.2) is 17.3 Å². The molecule has 0 atom stereocenters. The highest BCUT2D eigenvalue weighted by Crippen LogP contribution is 2.34. The van der Waals surface area contributed by atoms with Crippen molar-refractivity contribution in [3.63, 3.8) is 0 Å². The molecule has 0 spiro atoms. The lowest BCUT2D eigenvalue weighted by Crippen LogP contribution is -2.36. The number of carbonyl (C=O) groups excluding carboxylic acids is 2. The molecule has 7 nitrogen and oxygen atoms in total. The van der Waals surface area contributed by atoms with Crippen molar-refractivity contribution in [1.29, 1.82) is 0 Å². The average molecular weight is 485 g/mol. The first-order valence-electron chi connectivity index (χ1n) is 10.3. The molecule has 2 aromatic heterocycles. The van der Waals surface area contributed by atoms with E-state index >= 15 is 0 Å². The Morgan fingerprint density at radius 1 is 1.12 bits per heavy atom. The molecule has 0 saturated carbocycles. The standard InChI is InChI=1S/C24H24N2O5S2/c1-14-5-7-16(32-14)10-19-23(29)26(22(33-19)11-20(27)24(2,3)4)12-21(28)25-15-6-8-17-18(9-15)31-13-30-17/h5-11H,12-13H2,1-4H3,(H,25,28)/b19-10-,22-11+. The van der Waals surface area contributed by atoms with Crippen molar-refractivity contribution in [2.45, 2.75) is 34.2 Å². The van der Waals surface area contributed by atoms with E-state index in [2.05, 4.69) is 5.32 Å². The van der Waals surface area contributed by atoms with Crippen molar-refractivity contribution in [2.24, 2.45) is 5.41 Å². The number of anilines is 1. The van der Waals surface area contributed by atoms with E-state index in [9.17, 15) is 14.4 Å². The molecule has 9 heteroatoms. The molecule has 1 aromatic carbocycles. The number of nitrogens with one attached hydrogen (secondary N) is 1. The molecule has 3 aromatic rings. The molecule has 0 radical (unpaired) electrons. The summed E-state index contributed by atoms with van der Waals surface area (Å²) in [7, 11) is 0. The van der Waals surface area contributed by atoms with Crippen LogP contribution in [0.5, 0.6) is 11.5 Å². The molecule has 4 rings (SSSR count). The van der Waals surface area contributed by atoms with Crippen LogP contribution in [0.2, 0.25) is 0 Å². The Balaban J connectivity index is 1.69. The Morgan fingerprint density at radius 2 is 1.88 bits per heavy atom. The molecular formula is C24H24N2O5S2. The lowest BCUT2D eigenvalue weighted by molar-refractivity contribution is -0.120. The van der Waals surface area contributed by atoms with Gasteiger partial charge in [-0.2, -0.15) is 0 Å². The topological polar surface area (TPSA) is 86.6 Å². The molecular weight excluding hydrogens is 460 g/mol. The van der Waals surface area contributed by atoms with Crippen molar-refractivity contribution in [1.82, 2.24) is 4.57 Å². The van der Waals surface area contributed by atoms with Gasteiger partial charge in [-0.25, -0.2) is 0 Å². The van der Waals surface area contributed by atoms with Crippen LogP contribution < -0.4 is 29.5 Å². The smallest absolute Gasteiger partial charge is 0.269 e. The van der Waals surface area contributed by atoms with Crippen molar-refractivity contribution in [3.8, 4) is 11.5 Å². The summed E-state index contributed by atoms with van der Waals surface area (Å²) in [6, 6.07) is 9.02. The van der Waals surface area contributed by atoms with Crippen LogP contribution in [0.3, 0.4) is 0 Å². The predicted octanol–water partition coefficient (Wildman–Crippen LogP) is 2.87. The number of carbonyl (C=O) groups is 2. The molecule has 0 fully saturated rings. The Labute approximate surface area is 198 Å². The molecule has 172 valence electrons. The average Bonchev–Trinajstić information content (AvgIpc) is 3.43. The minimum atomic E-state index is -0.603. The summed E-state index contributed by atoms with van der Waals surface area (Å²) in [5.74, 6) is 0.661. The van der Waals surface area contributed by atoms with Crippen molar-refractivity contribution >= 4 is 52.2 Å². The fourth-order valence-electron chi connectivity index (χ4n) is 3.10. The van der Waals surface area contributed by atoms with Crippen LogP contribution in [0, 0.1) is 12.3 Å². The number of fused-ring (bicyclic) bond motifs is 1. The number of Topliss-reactive ketones (excluding diaryl/α,β-unsaturated/α-hetero) is 1. The number of ether oxygens (including phenoxy) is 2. The van der Waals surface area contributed by atoms with Crippen LogP contribution in [-0.2, 0) is 16.1 Å². The highest BCUT2D eigenvalue weighted by atomic mass is 32.1. The number of hydrogen-bond acceptors (Lipinski definition) is 7. The largest absolute Gasteiger partial charge is 0.454 e. The second-order valence-electron chi connectivity index (χ2n) is 8.66. The SMILES string of the molecule is Cc1ccc(/C=c2\s/c(=C/C(=O)C(C)(C)C)n(CC(=O)Nc3ccc4c(c3)OCO4)c2=O)s1. The number of aromatic nitrogens is 1. The van der Waals surface area contributed by atoms with Crippen molar-refractivity contribution in [3.05, 3.63) is 59.6 Å². The Morgan fingerprint density at radius 3 is 2.58 bits per heavy atom. The van der Waals surface area contributed by atoms with Crippen LogP contribution >= 0.6 is 22.7 Å². The van der Waals surface area contributed by atoms with Gasteiger partial charge in [0.1, 0.15) is 11.2 Å². The number of amides is 1. The summed E-state index contributed by atoms with van der Waals surface area (Å²) in [6.45, 7) is 7.36. The zero-order valence-corrected chi connectivity index (χ0v) is 20.4. The van der Waals surface area contributed by atoms with Gasteiger partial charge < -0.3 is 14.8 Å². The molecule has 3 heterocycles. The molecule has 1 amide bonds. The third-order valence-corrected chi connectivity index (χ3v) is 6.93. The number of hydrogen-bond donors (Lipinski definition) is 1. The monoisotopic (exact) mass is 484 g/mol. The van der Waals surface area contributed by atoms with E-state index in [0.717, 1.165) is 9.75 Å². The van der Waals surface area contributed by atoms with Gasteiger partial charge in [-0.05, 0) is 37.3 Å². The zero-order valence-electron chi connectivity index (χ0n) is 18.8. The summed E-state index contributed by atoms with van der Waals surface area (Å²) in [5, 5.41) is 2.78. The second kappa shape index (κ2) is 8.99. The zero-order chi connectivity index (χ0) is 23.8. The van der Waals surface area contributed by atoms with Crippen LogP contribution in [0.1, 0.15) is 30.5 Å². The predicted molar refractivity (Wildman–Crippen MR) is 131 cm³/mol. The first kappa shape index (κ1) is 23.0. The Bertz CT molecular complexity index is 1410. The number of aryl methyl sites for hydroxylation is 1. The minimum absolute atomic E-state index is 0.118. The van der Waals surface area contributed by atoms with E-state index < -0.39 is 5.41 Å². The highest BCUT2D eigenvalue weighted by Gasteiger charge is 2.20. The quantitative estimate of drug-likeness (QED) is 0.602. The van der Waals surface area contributed by atoms with Crippen LogP contribution in [0.4, 0.5) is 5.69 Å². The highest BCUT2D eigenvalue weighted by molar-refractivity contribution is 7.13. The van der Waals surface area contributed by atoms with Gasteiger partial charge in [0.2, 0.25) is 12.7 Å². The van der Waals surface area contributed by atoms with E-state index in [1.165, 1.54) is 22.0 Å². The molecule has 0 aliphatic carbocycles. The summed E-state index contributed by atoms with van der Waals surface area (Å²) in [6.07, 6.45) is 3.26. The van der Waals surface area contributed by atoms with Crippen LogP contribution in [0.25, 0.3) is 12.2 Å². The van der Waals surface area contributed by atoms with E-state index in [4.69, 9.17) is 9.47 Å². The molecule has 1 aliphatic rings. The normalized spacial score (nSPS) is 14.1. The third-order valence-electron chi connectivity index (χ3n) is 4.92. The molecule has 1 aliphatic heterocycles. The summed E-state index contributed by atoms with van der Waals surface area (Å²) >= 11 is 2.78. The van der Waals surface area contributed by atoms with Gasteiger partial charge in [-0.3, -0.25) is 19.0 Å². The van der Waals surface area contributed by atoms with Crippen molar-refractivity contribution in [2.75, 3.05) is 12.1 Å². The lowest BCUT2D eigenvalue weighted by atomic mass is 9.91. The number of nitrogens with zero attached hydrogens (tertiary/aromatic N) is 1. The maximum atomic E-state index is 13.2. The maximum Gasteiger partial charge on any atom is 0.269 e. The first-order valence-corrected chi connectivity index (χ1v) is 12.0. The van der Waals surface area contributed by atoms with Crippen molar-refractivity contribution < 1.29 is 19.1 Å². The molecule has 0 unspecified atom stereocenters.